The molecule has 0 aromatic carbocycles. The number of likely N-dealkylation sites (N-methyl/N-ethyl adjacent to an activating group) is 1. The van der Waals surface area contributed by atoms with Gasteiger partial charge in [-0.25, -0.2) is 9.97 Å². The Morgan fingerprint density at radius 3 is 3.00 bits per heavy atom. The average molecular weight is 219 g/mol. The van der Waals surface area contributed by atoms with Crippen LogP contribution >= 0.6 is 0 Å². The van der Waals surface area contributed by atoms with E-state index >= 15 is 0 Å². The molecule has 0 aliphatic rings. The Morgan fingerprint density at radius 1 is 1.38 bits per heavy atom. The largest absolute Gasteiger partial charge is 0.339 e. The van der Waals surface area contributed by atoms with Gasteiger partial charge in [-0.2, -0.15) is 4.98 Å². The summed E-state index contributed by atoms with van der Waals surface area (Å²) in [7, 11) is 1.88. The SMILES string of the molecule is CNCCc1nc(-c2ccnc(C)n2)no1. The third kappa shape index (κ3) is 2.40. The first-order chi connectivity index (χ1) is 7.79. The summed E-state index contributed by atoms with van der Waals surface area (Å²) in [6, 6.07) is 1.76. The van der Waals surface area contributed by atoms with Gasteiger partial charge in [-0.05, 0) is 20.0 Å². The van der Waals surface area contributed by atoms with E-state index in [0.717, 1.165) is 6.54 Å². The molecule has 0 saturated heterocycles. The zero-order valence-electron chi connectivity index (χ0n) is 9.27. The van der Waals surface area contributed by atoms with E-state index in [9.17, 15) is 0 Å². The van der Waals surface area contributed by atoms with Crippen molar-refractivity contribution < 1.29 is 4.52 Å². The highest BCUT2D eigenvalue weighted by Crippen LogP contribution is 2.12. The smallest absolute Gasteiger partial charge is 0.228 e. The van der Waals surface area contributed by atoms with Crippen molar-refractivity contribution in [2.45, 2.75) is 13.3 Å². The number of nitrogens with one attached hydrogen (secondary N) is 1. The fraction of sp³-hybridized carbons (Fsp3) is 0.400. The lowest BCUT2D eigenvalue weighted by atomic mass is 10.4. The number of hydrogen-bond acceptors (Lipinski definition) is 6. The van der Waals surface area contributed by atoms with Crippen LogP contribution in [-0.4, -0.2) is 33.7 Å². The Hall–Kier alpha value is -1.82. The van der Waals surface area contributed by atoms with Crippen molar-refractivity contribution in [1.29, 1.82) is 0 Å². The van der Waals surface area contributed by atoms with E-state index in [4.69, 9.17) is 4.52 Å². The molecule has 0 aliphatic carbocycles. The predicted octanol–water partition coefficient (Wildman–Crippen LogP) is 0.597. The van der Waals surface area contributed by atoms with E-state index in [1.165, 1.54) is 0 Å². The fourth-order valence-corrected chi connectivity index (χ4v) is 1.27. The number of hydrogen-bond donors (Lipinski definition) is 1. The molecular weight excluding hydrogens is 206 g/mol. The van der Waals surface area contributed by atoms with Crippen LogP contribution in [0.3, 0.4) is 0 Å². The molecule has 2 aromatic heterocycles. The number of aromatic nitrogens is 4. The number of rotatable bonds is 4. The summed E-state index contributed by atoms with van der Waals surface area (Å²) in [6.07, 6.45) is 2.40. The van der Waals surface area contributed by atoms with Gasteiger partial charge in [0.1, 0.15) is 11.5 Å². The summed E-state index contributed by atoms with van der Waals surface area (Å²) in [6.45, 7) is 2.63. The Balaban J connectivity index is 2.18. The molecule has 1 N–H and O–H groups in total. The first-order valence-electron chi connectivity index (χ1n) is 5.07. The highest BCUT2D eigenvalue weighted by atomic mass is 16.5. The maximum absolute atomic E-state index is 5.10. The van der Waals surface area contributed by atoms with Gasteiger partial charge in [-0.15, -0.1) is 0 Å². The minimum absolute atomic E-state index is 0.511. The molecule has 6 nitrogen and oxygen atoms in total. The second-order valence-corrected chi connectivity index (χ2v) is 3.35. The number of aryl methyl sites for hydroxylation is 1. The van der Waals surface area contributed by atoms with Crippen LogP contribution in [0.15, 0.2) is 16.8 Å². The lowest BCUT2D eigenvalue weighted by Gasteiger charge is -1.93. The maximum atomic E-state index is 5.10. The Morgan fingerprint density at radius 2 is 2.25 bits per heavy atom. The van der Waals surface area contributed by atoms with Crippen molar-refractivity contribution in [3.05, 3.63) is 24.0 Å². The van der Waals surface area contributed by atoms with Crippen molar-refractivity contribution in [3.8, 4) is 11.5 Å². The molecule has 2 aromatic rings. The summed E-state index contributed by atoms with van der Waals surface area (Å²) in [5.74, 6) is 1.82. The first kappa shape index (κ1) is 10.7. The molecule has 0 radical (unpaired) electrons. The van der Waals surface area contributed by atoms with E-state index in [-0.39, 0.29) is 0 Å². The third-order valence-corrected chi connectivity index (χ3v) is 2.06. The van der Waals surface area contributed by atoms with Crippen LogP contribution in [0.2, 0.25) is 0 Å². The summed E-state index contributed by atoms with van der Waals surface area (Å²) < 4.78 is 5.10. The number of nitrogens with zero attached hydrogens (tertiary/aromatic N) is 4. The monoisotopic (exact) mass is 219 g/mol. The molecule has 0 saturated carbocycles. The van der Waals surface area contributed by atoms with Crippen LogP contribution in [0.25, 0.3) is 11.5 Å². The first-order valence-corrected chi connectivity index (χ1v) is 5.07. The van der Waals surface area contributed by atoms with Gasteiger partial charge in [-0.1, -0.05) is 5.16 Å². The van der Waals surface area contributed by atoms with E-state index in [1.54, 1.807) is 12.3 Å². The van der Waals surface area contributed by atoms with Crippen molar-refractivity contribution in [1.82, 2.24) is 25.4 Å². The lowest BCUT2D eigenvalue weighted by Crippen LogP contribution is -2.10. The van der Waals surface area contributed by atoms with E-state index < -0.39 is 0 Å². The van der Waals surface area contributed by atoms with Crippen molar-refractivity contribution in [3.63, 3.8) is 0 Å². The van der Waals surface area contributed by atoms with Gasteiger partial charge in [-0.3, -0.25) is 0 Å². The van der Waals surface area contributed by atoms with Crippen LogP contribution in [-0.2, 0) is 6.42 Å². The standard InChI is InChI=1S/C10H13N5O/c1-7-12-6-3-8(13-7)10-14-9(16-15-10)4-5-11-2/h3,6,11H,4-5H2,1-2H3. The van der Waals surface area contributed by atoms with Crippen molar-refractivity contribution in [2.24, 2.45) is 0 Å². The normalized spacial score (nSPS) is 10.6. The summed E-state index contributed by atoms with van der Waals surface area (Å²) in [5.41, 5.74) is 0.687. The van der Waals surface area contributed by atoms with Crippen molar-refractivity contribution >= 4 is 0 Å². The zero-order chi connectivity index (χ0) is 11.4. The molecule has 0 aliphatic heterocycles. The van der Waals surface area contributed by atoms with Gasteiger partial charge in [0.05, 0.1) is 0 Å². The zero-order valence-corrected chi connectivity index (χ0v) is 9.27. The van der Waals surface area contributed by atoms with Gasteiger partial charge in [0.2, 0.25) is 11.7 Å². The maximum Gasteiger partial charge on any atom is 0.228 e. The predicted molar refractivity (Wildman–Crippen MR) is 57.7 cm³/mol. The van der Waals surface area contributed by atoms with Crippen LogP contribution in [0.1, 0.15) is 11.7 Å². The van der Waals surface area contributed by atoms with E-state index in [2.05, 4.69) is 25.4 Å². The van der Waals surface area contributed by atoms with Gasteiger partial charge in [0.15, 0.2) is 0 Å². The molecule has 0 amide bonds. The molecule has 0 unspecified atom stereocenters. The van der Waals surface area contributed by atoms with Crippen LogP contribution < -0.4 is 5.32 Å². The molecule has 0 bridgehead atoms. The molecule has 0 fully saturated rings. The minimum atomic E-state index is 0.511. The summed E-state index contributed by atoms with van der Waals surface area (Å²) in [5, 5.41) is 6.90. The average Bonchev–Trinajstić information content (AvgIpc) is 2.75. The Kier molecular flexibility index (Phi) is 3.21. The summed E-state index contributed by atoms with van der Waals surface area (Å²) in [4.78, 5) is 12.5. The molecule has 84 valence electrons. The third-order valence-electron chi connectivity index (χ3n) is 2.06. The van der Waals surface area contributed by atoms with E-state index in [0.29, 0.717) is 29.7 Å². The minimum Gasteiger partial charge on any atom is -0.339 e. The molecule has 2 rings (SSSR count). The molecule has 0 spiro atoms. The Labute approximate surface area is 93.1 Å². The fourth-order valence-electron chi connectivity index (χ4n) is 1.27. The second-order valence-electron chi connectivity index (χ2n) is 3.35. The van der Waals surface area contributed by atoms with Crippen LogP contribution in [0.4, 0.5) is 0 Å². The van der Waals surface area contributed by atoms with Gasteiger partial charge >= 0.3 is 0 Å². The Bertz CT molecular complexity index is 468. The summed E-state index contributed by atoms with van der Waals surface area (Å²) >= 11 is 0. The van der Waals surface area contributed by atoms with Gasteiger partial charge < -0.3 is 9.84 Å². The second kappa shape index (κ2) is 4.80. The topological polar surface area (TPSA) is 76.7 Å². The molecule has 16 heavy (non-hydrogen) atoms. The lowest BCUT2D eigenvalue weighted by molar-refractivity contribution is 0.377. The van der Waals surface area contributed by atoms with Gasteiger partial charge in [0, 0.05) is 19.2 Å². The van der Waals surface area contributed by atoms with Gasteiger partial charge in [0.25, 0.3) is 0 Å². The molecule has 6 heteroatoms. The van der Waals surface area contributed by atoms with Crippen LogP contribution in [0.5, 0.6) is 0 Å². The quantitative estimate of drug-likeness (QED) is 0.811. The van der Waals surface area contributed by atoms with Crippen molar-refractivity contribution in [2.75, 3.05) is 13.6 Å². The molecular formula is C10H13N5O. The molecule has 0 atom stereocenters. The van der Waals surface area contributed by atoms with E-state index in [1.807, 2.05) is 14.0 Å². The highest BCUT2D eigenvalue weighted by molar-refractivity contribution is 5.46. The molecule has 2 heterocycles. The van der Waals surface area contributed by atoms with Crippen LogP contribution in [0, 0.1) is 6.92 Å². The highest BCUT2D eigenvalue weighted by Gasteiger charge is 2.09.